The molecule has 0 bridgehead atoms. The minimum atomic E-state index is -0.0272. The molecule has 0 fully saturated rings. The van der Waals surface area contributed by atoms with E-state index in [1.54, 1.807) is 17.0 Å². The standard InChI is InChI=1S/C27H20N2O/c1-2-8-22(18-17-20-13-15-21(19-28)16-14-20)26-24-11-6-7-12-25(24)27(30)29(26)23-9-4-3-5-10-23/h3-7,9-16H,2,8H2,1H3/b26-22+. The number of nitrogens with zero attached hydrogens (tertiary/aromatic N) is 2. The Morgan fingerprint density at radius 2 is 1.50 bits per heavy atom. The van der Waals surface area contributed by atoms with E-state index in [4.69, 9.17) is 5.26 Å². The molecular weight excluding hydrogens is 368 g/mol. The first-order chi connectivity index (χ1) is 14.7. The Labute approximate surface area is 176 Å². The number of nitriles is 1. The van der Waals surface area contributed by atoms with Crippen molar-refractivity contribution >= 4 is 17.3 Å². The molecular formula is C27H20N2O. The molecule has 4 rings (SSSR count). The monoisotopic (exact) mass is 388 g/mol. The maximum absolute atomic E-state index is 13.3. The first-order valence-electron chi connectivity index (χ1n) is 9.97. The Balaban J connectivity index is 1.88. The molecule has 3 nitrogen and oxygen atoms in total. The van der Waals surface area contributed by atoms with E-state index >= 15 is 0 Å². The summed E-state index contributed by atoms with van der Waals surface area (Å²) >= 11 is 0. The number of hydrogen-bond acceptors (Lipinski definition) is 2. The summed E-state index contributed by atoms with van der Waals surface area (Å²) in [7, 11) is 0. The second kappa shape index (κ2) is 8.52. The van der Waals surface area contributed by atoms with Gasteiger partial charge in [-0.05, 0) is 48.9 Å². The van der Waals surface area contributed by atoms with Gasteiger partial charge in [-0.25, -0.2) is 0 Å². The van der Waals surface area contributed by atoms with Crippen molar-refractivity contribution in [3.63, 3.8) is 0 Å². The van der Waals surface area contributed by atoms with Crippen LogP contribution in [0.5, 0.6) is 0 Å². The number of rotatable bonds is 3. The highest BCUT2D eigenvalue weighted by atomic mass is 16.2. The third kappa shape index (κ3) is 3.62. The number of para-hydroxylation sites is 1. The van der Waals surface area contributed by atoms with Gasteiger partial charge in [0.15, 0.2) is 0 Å². The van der Waals surface area contributed by atoms with Crippen molar-refractivity contribution in [2.75, 3.05) is 4.90 Å². The molecule has 1 aliphatic rings. The lowest BCUT2D eigenvalue weighted by molar-refractivity contribution is 0.101. The lowest BCUT2D eigenvalue weighted by atomic mass is 10.0. The van der Waals surface area contributed by atoms with Crippen LogP contribution in [0.25, 0.3) is 5.70 Å². The van der Waals surface area contributed by atoms with E-state index in [0.29, 0.717) is 11.1 Å². The van der Waals surface area contributed by atoms with Crippen molar-refractivity contribution in [3.8, 4) is 17.9 Å². The largest absolute Gasteiger partial charge is 0.275 e. The molecule has 1 heterocycles. The van der Waals surface area contributed by atoms with Crippen molar-refractivity contribution in [2.24, 2.45) is 0 Å². The third-order valence-corrected chi connectivity index (χ3v) is 5.01. The zero-order chi connectivity index (χ0) is 20.9. The molecule has 3 aromatic carbocycles. The van der Waals surface area contributed by atoms with E-state index in [0.717, 1.165) is 40.9 Å². The Morgan fingerprint density at radius 3 is 2.17 bits per heavy atom. The number of amides is 1. The Kier molecular flexibility index (Phi) is 5.46. The van der Waals surface area contributed by atoms with Crippen LogP contribution < -0.4 is 4.90 Å². The van der Waals surface area contributed by atoms with Crippen molar-refractivity contribution < 1.29 is 4.79 Å². The molecule has 1 aliphatic heterocycles. The van der Waals surface area contributed by atoms with Gasteiger partial charge in [-0.1, -0.05) is 61.6 Å². The summed E-state index contributed by atoms with van der Waals surface area (Å²) in [6.45, 7) is 2.11. The zero-order valence-electron chi connectivity index (χ0n) is 16.7. The van der Waals surface area contributed by atoms with Gasteiger partial charge >= 0.3 is 0 Å². The molecule has 0 aromatic heterocycles. The van der Waals surface area contributed by atoms with Crippen LogP contribution in [0.3, 0.4) is 0 Å². The van der Waals surface area contributed by atoms with Gasteiger partial charge in [0.1, 0.15) is 0 Å². The van der Waals surface area contributed by atoms with Crippen LogP contribution >= 0.6 is 0 Å². The van der Waals surface area contributed by atoms with Gasteiger partial charge in [0.05, 0.1) is 17.3 Å². The predicted molar refractivity (Wildman–Crippen MR) is 120 cm³/mol. The number of carbonyl (C=O) groups excluding carboxylic acids is 1. The van der Waals surface area contributed by atoms with Crippen molar-refractivity contribution in [1.82, 2.24) is 0 Å². The molecule has 0 unspecified atom stereocenters. The lowest BCUT2D eigenvalue weighted by Crippen LogP contribution is -2.23. The van der Waals surface area contributed by atoms with E-state index in [1.807, 2.05) is 66.7 Å². The number of carbonyl (C=O) groups is 1. The molecule has 30 heavy (non-hydrogen) atoms. The van der Waals surface area contributed by atoms with Gasteiger partial charge in [-0.2, -0.15) is 5.26 Å². The van der Waals surface area contributed by atoms with Gasteiger partial charge in [0.2, 0.25) is 0 Å². The maximum atomic E-state index is 13.3. The molecule has 0 atom stereocenters. The molecule has 0 saturated carbocycles. The van der Waals surface area contributed by atoms with Gasteiger partial charge < -0.3 is 0 Å². The van der Waals surface area contributed by atoms with Gasteiger partial charge in [-0.15, -0.1) is 0 Å². The highest BCUT2D eigenvalue weighted by molar-refractivity contribution is 6.23. The number of benzene rings is 3. The zero-order valence-corrected chi connectivity index (χ0v) is 16.7. The summed E-state index contributed by atoms with van der Waals surface area (Å²) in [5.41, 5.74) is 5.70. The molecule has 0 radical (unpaired) electrons. The number of hydrogen-bond donors (Lipinski definition) is 0. The quantitative estimate of drug-likeness (QED) is 0.534. The Bertz CT molecular complexity index is 1220. The molecule has 0 spiro atoms. The molecule has 3 aromatic rings. The fourth-order valence-corrected chi connectivity index (χ4v) is 3.61. The highest BCUT2D eigenvalue weighted by Gasteiger charge is 2.34. The molecule has 3 heteroatoms. The highest BCUT2D eigenvalue weighted by Crippen LogP contribution is 2.39. The van der Waals surface area contributed by atoms with Crippen LogP contribution in [0.2, 0.25) is 0 Å². The fraction of sp³-hybridized carbons (Fsp3) is 0.111. The average Bonchev–Trinajstić information content (AvgIpc) is 3.10. The molecule has 0 saturated heterocycles. The lowest BCUT2D eigenvalue weighted by Gasteiger charge is -2.20. The Morgan fingerprint density at radius 1 is 0.867 bits per heavy atom. The average molecular weight is 388 g/mol. The van der Waals surface area contributed by atoms with Crippen LogP contribution in [0, 0.1) is 23.2 Å². The van der Waals surface area contributed by atoms with Crippen LogP contribution in [-0.2, 0) is 0 Å². The SMILES string of the molecule is CCC/C(C#Cc1ccc(C#N)cc1)=C1/c2ccccc2C(=O)N1c1ccccc1. The van der Waals surface area contributed by atoms with Crippen molar-refractivity contribution in [3.05, 3.63) is 107 Å². The third-order valence-electron chi connectivity index (χ3n) is 5.01. The second-order valence-electron chi connectivity index (χ2n) is 7.04. The van der Waals surface area contributed by atoms with Crippen LogP contribution in [-0.4, -0.2) is 5.91 Å². The number of anilines is 1. The van der Waals surface area contributed by atoms with E-state index < -0.39 is 0 Å². The van der Waals surface area contributed by atoms with E-state index in [1.165, 1.54) is 0 Å². The minimum Gasteiger partial charge on any atom is -0.275 e. The van der Waals surface area contributed by atoms with Crippen LogP contribution in [0.1, 0.15) is 46.8 Å². The summed E-state index contributed by atoms with van der Waals surface area (Å²) in [5, 5.41) is 8.98. The summed E-state index contributed by atoms with van der Waals surface area (Å²) in [6.07, 6.45) is 1.68. The van der Waals surface area contributed by atoms with Crippen molar-refractivity contribution in [2.45, 2.75) is 19.8 Å². The van der Waals surface area contributed by atoms with Gasteiger partial charge in [0.25, 0.3) is 5.91 Å². The predicted octanol–water partition coefficient (Wildman–Crippen LogP) is 5.78. The molecule has 1 amide bonds. The van der Waals surface area contributed by atoms with E-state index in [9.17, 15) is 4.79 Å². The summed E-state index contributed by atoms with van der Waals surface area (Å²) < 4.78 is 0. The Hall–Kier alpha value is -4.08. The number of allylic oxidation sites excluding steroid dienone is 1. The number of fused-ring (bicyclic) bond motifs is 1. The minimum absolute atomic E-state index is 0.0272. The van der Waals surface area contributed by atoms with E-state index in [2.05, 4.69) is 24.8 Å². The summed E-state index contributed by atoms with van der Waals surface area (Å²) in [4.78, 5) is 15.1. The molecule has 0 N–H and O–H groups in total. The second-order valence-corrected chi connectivity index (χ2v) is 7.04. The van der Waals surface area contributed by atoms with Gasteiger partial charge in [0, 0.05) is 28.0 Å². The topological polar surface area (TPSA) is 44.1 Å². The van der Waals surface area contributed by atoms with Gasteiger partial charge in [-0.3, -0.25) is 9.69 Å². The van der Waals surface area contributed by atoms with Crippen molar-refractivity contribution in [1.29, 1.82) is 5.26 Å². The summed E-state index contributed by atoms with van der Waals surface area (Å²) in [6, 6.07) is 26.8. The van der Waals surface area contributed by atoms with Crippen LogP contribution in [0.4, 0.5) is 5.69 Å². The van der Waals surface area contributed by atoms with Crippen LogP contribution in [0.15, 0.2) is 84.4 Å². The fourth-order valence-electron chi connectivity index (χ4n) is 3.61. The molecule has 0 aliphatic carbocycles. The first kappa shape index (κ1) is 19.2. The smallest absolute Gasteiger partial charge is 0.263 e. The summed E-state index contributed by atoms with van der Waals surface area (Å²) in [5.74, 6) is 6.52. The maximum Gasteiger partial charge on any atom is 0.263 e. The first-order valence-corrected chi connectivity index (χ1v) is 9.97. The molecule has 144 valence electrons. The van der Waals surface area contributed by atoms with E-state index in [-0.39, 0.29) is 5.91 Å². The normalized spacial score (nSPS) is 13.9.